The average molecular weight is 402 g/mol. The minimum absolute atomic E-state index is 0.597. The predicted octanol–water partition coefficient (Wildman–Crippen LogP) is 6.46. The van der Waals surface area contributed by atoms with Gasteiger partial charge in [-0.05, 0) is 42.0 Å². The molecule has 6 aromatic rings. The maximum atomic E-state index is 11.4. The molecule has 148 valence electrons. The normalized spacial score (nSPS) is 11.5. The summed E-state index contributed by atoms with van der Waals surface area (Å²) in [5.74, 6) is 0.597. The number of nitrogens with zero attached hydrogens (tertiary/aromatic N) is 2. The minimum atomic E-state index is 0.597. The lowest BCUT2D eigenvalue weighted by atomic mass is 10.1. The first kappa shape index (κ1) is 17.7. The van der Waals surface area contributed by atoms with Crippen LogP contribution in [0.3, 0.4) is 0 Å². The van der Waals surface area contributed by atoms with Crippen LogP contribution in [-0.2, 0) is 6.54 Å². The number of fused-ring (bicyclic) bond motifs is 4. The van der Waals surface area contributed by atoms with Gasteiger partial charge in [-0.3, -0.25) is 4.79 Å². The van der Waals surface area contributed by atoms with Crippen molar-refractivity contribution in [3.05, 3.63) is 102 Å². The summed E-state index contributed by atoms with van der Waals surface area (Å²) in [7, 11) is 0. The van der Waals surface area contributed by atoms with Crippen molar-refractivity contribution < 1.29 is 9.21 Å². The van der Waals surface area contributed by atoms with Gasteiger partial charge in [-0.2, -0.15) is 0 Å². The third-order valence-corrected chi connectivity index (χ3v) is 5.75. The third kappa shape index (κ3) is 2.84. The first-order chi connectivity index (χ1) is 15.3. The summed E-state index contributed by atoms with van der Waals surface area (Å²) in [4.78, 5) is 16.2. The molecule has 31 heavy (non-hydrogen) atoms. The molecular formula is C27H18N2O2. The highest BCUT2D eigenvalue weighted by Gasteiger charge is 2.18. The maximum absolute atomic E-state index is 11.4. The topological polar surface area (TPSA) is 48.0 Å². The highest BCUT2D eigenvalue weighted by molar-refractivity contribution is 6.13. The van der Waals surface area contributed by atoms with Crippen LogP contribution in [0.15, 0.2) is 95.4 Å². The van der Waals surface area contributed by atoms with Gasteiger partial charge in [0.05, 0.1) is 11.1 Å². The second-order valence-electron chi connectivity index (χ2n) is 7.65. The van der Waals surface area contributed by atoms with Crippen molar-refractivity contribution in [1.29, 1.82) is 0 Å². The van der Waals surface area contributed by atoms with Crippen molar-refractivity contribution in [1.82, 2.24) is 9.55 Å². The van der Waals surface area contributed by atoms with Crippen LogP contribution in [0.25, 0.3) is 44.4 Å². The minimum Gasteiger partial charge on any atom is -0.436 e. The van der Waals surface area contributed by atoms with Crippen LogP contribution in [0, 0.1) is 0 Å². The van der Waals surface area contributed by atoms with Gasteiger partial charge in [-0.1, -0.05) is 54.6 Å². The molecule has 0 atom stereocenters. The molecule has 0 bridgehead atoms. The lowest BCUT2D eigenvalue weighted by Gasteiger charge is -2.10. The Kier molecular flexibility index (Phi) is 3.96. The molecule has 0 N–H and O–H groups in total. The summed E-state index contributed by atoms with van der Waals surface area (Å²) in [6.45, 7) is 0.707. The summed E-state index contributed by atoms with van der Waals surface area (Å²) in [6.07, 6.45) is 0.893. The molecule has 0 unspecified atom stereocenters. The van der Waals surface area contributed by atoms with E-state index in [1.54, 1.807) is 0 Å². The van der Waals surface area contributed by atoms with Crippen molar-refractivity contribution in [2.45, 2.75) is 6.54 Å². The van der Waals surface area contributed by atoms with E-state index in [4.69, 9.17) is 9.40 Å². The monoisotopic (exact) mass is 402 g/mol. The van der Waals surface area contributed by atoms with Crippen LogP contribution in [0.4, 0.5) is 0 Å². The lowest BCUT2D eigenvalue weighted by Crippen LogP contribution is -2.00. The van der Waals surface area contributed by atoms with Crippen molar-refractivity contribution in [2.24, 2.45) is 0 Å². The lowest BCUT2D eigenvalue weighted by molar-refractivity contribution is 0.112. The number of carbonyl (C=O) groups excluding carboxylic acids is 1. The molecular weight excluding hydrogens is 384 g/mol. The number of aromatic nitrogens is 2. The van der Waals surface area contributed by atoms with E-state index in [1.165, 1.54) is 5.56 Å². The smallest absolute Gasteiger partial charge is 0.229 e. The molecule has 4 aromatic carbocycles. The molecule has 4 nitrogen and oxygen atoms in total. The SMILES string of the molecule is O=Cc1ccc2c(c1)c1cccc(-c3nc4ccccc4o3)c1n2Cc1ccccc1. The van der Waals surface area contributed by atoms with Gasteiger partial charge in [0, 0.05) is 28.4 Å². The van der Waals surface area contributed by atoms with E-state index < -0.39 is 0 Å². The van der Waals surface area contributed by atoms with Gasteiger partial charge < -0.3 is 8.98 Å². The van der Waals surface area contributed by atoms with Gasteiger partial charge in [0.15, 0.2) is 5.58 Å². The van der Waals surface area contributed by atoms with Gasteiger partial charge >= 0.3 is 0 Å². The largest absolute Gasteiger partial charge is 0.436 e. The fraction of sp³-hybridized carbons (Fsp3) is 0.0370. The van der Waals surface area contributed by atoms with Crippen LogP contribution in [0.2, 0.25) is 0 Å². The van der Waals surface area contributed by atoms with E-state index in [-0.39, 0.29) is 0 Å². The third-order valence-electron chi connectivity index (χ3n) is 5.75. The molecule has 2 heterocycles. The summed E-state index contributed by atoms with van der Waals surface area (Å²) in [6, 6.07) is 30.2. The van der Waals surface area contributed by atoms with Crippen LogP contribution >= 0.6 is 0 Å². The zero-order valence-corrected chi connectivity index (χ0v) is 16.7. The number of carbonyl (C=O) groups is 1. The summed E-state index contributed by atoms with van der Waals surface area (Å²) < 4.78 is 8.42. The summed E-state index contributed by atoms with van der Waals surface area (Å²) in [5, 5.41) is 2.13. The van der Waals surface area contributed by atoms with Gasteiger partial charge in [0.2, 0.25) is 5.89 Å². The first-order valence-electron chi connectivity index (χ1n) is 10.2. The van der Waals surface area contributed by atoms with Crippen LogP contribution in [0.5, 0.6) is 0 Å². The van der Waals surface area contributed by atoms with Crippen LogP contribution in [0.1, 0.15) is 15.9 Å². The second kappa shape index (κ2) is 6.96. The Morgan fingerprint density at radius 2 is 1.68 bits per heavy atom. The number of benzene rings is 4. The number of hydrogen-bond donors (Lipinski definition) is 0. The highest BCUT2D eigenvalue weighted by atomic mass is 16.3. The Morgan fingerprint density at radius 3 is 2.52 bits per heavy atom. The van der Waals surface area contributed by atoms with Gasteiger partial charge in [0.1, 0.15) is 11.8 Å². The fourth-order valence-corrected chi connectivity index (χ4v) is 4.34. The quantitative estimate of drug-likeness (QED) is 0.318. The predicted molar refractivity (Wildman–Crippen MR) is 123 cm³/mol. The van der Waals surface area contributed by atoms with E-state index in [0.29, 0.717) is 18.0 Å². The first-order valence-corrected chi connectivity index (χ1v) is 10.2. The number of oxazole rings is 1. The Hall–Kier alpha value is -4.18. The van der Waals surface area contributed by atoms with E-state index in [2.05, 4.69) is 34.9 Å². The van der Waals surface area contributed by atoms with Gasteiger partial charge in [-0.25, -0.2) is 4.98 Å². The average Bonchev–Trinajstić information content (AvgIpc) is 3.39. The number of hydrogen-bond acceptors (Lipinski definition) is 3. The Labute approximate surface area is 178 Å². The Balaban J connectivity index is 1.69. The molecule has 0 fully saturated rings. The molecule has 0 aliphatic carbocycles. The molecule has 2 aromatic heterocycles. The molecule has 0 aliphatic rings. The summed E-state index contributed by atoms with van der Waals surface area (Å²) >= 11 is 0. The van der Waals surface area contributed by atoms with E-state index in [9.17, 15) is 4.79 Å². The summed E-state index contributed by atoms with van der Waals surface area (Å²) in [5.41, 5.74) is 6.54. The molecule has 0 saturated carbocycles. The maximum Gasteiger partial charge on any atom is 0.229 e. The van der Waals surface area contributed by atoms with Crippen LogP contribution in [-0.4, -0.2) is 15.8 Å². The van der Waals surface area contributed by atoms with E-state index >= 15 is 0 Å². The van der Waals surface area contributed by atoms with E-state index in [0.717, 1.165) is 44.8 Å². The standard InChI is InChI=1S/C27H18N2O2/c30-17-19-13-14-24-22(15-19)20-9-6-10-21(27-28-23-11-4-5-12-25(23)31-27)26(20)29(24)16-18-7-2-1-3-8-18/h1-15,17H,16H2. The number of aldehydes is 1. The zero-order chi connectivity index (χ0) is 20.8. The Morgan fingerprint density at radius 1 is 0.839 bits per heavy atom. The molecule has 0 radical (unpaired) electrons. The molecule has 4 heteroatoms. The Bertz CT molecular complexity index is 1540. The highest BCUT2D eigenvalue weighted by Crippen LogP contribution is 2.37. The number of rotatable bonds is 4. The van der Waals surface area contributed by atoms with Gasteiger partial charge in [0.25, 0.3) is 0 Å². The molecule has 0 saturated heterocycles. The second-order valence-corrected chi connectivity index (χ2v) is 7.65. The molecule has 0 aliphatic heterocycles. The fourth-order valence-electron chi connectivity index (χ4n) is 4.34. The van der Waals surface area contributed by atoms with Crippen LogP contribution < -0.4 is 0 Å². The van der Waals surface area contributed by atoms with Crippen molar-refractivity contribution >= 4 is 39.2 Å². The van der Waals surface area contributed by atoms with Crippen molar-refractivity contribution in [3.63, 3.8) is 0 Å². The number of para-hydroxylation sites is 3. The van der Waals surface area contributed by atoms with Crippen molar-refractivity contribution in [2.75, 3.05) is 0 Å². The van der Waals surface area contributed by atoms with Crippen molar-refractivity contribution in [3.8, 4) is 11.5 Å². The van der Waals surface area contributed by atoms with E-state index in [1.807, 2.05) is 60.7 Å². The molecule has 6 rings (SSSR count). The zero-order valence-electron chi connectivity index (χ0n) is 16.7. The molecule has 0 amide bonds. The molecule has 0 spiro atoms. The van der Waals surface area contributed by atoms with Gasteiger partial charge in [-0.15, -0.1) is 0 Å².